The van der Waals surface area contributed by atoms with Crippen LogP contribution in [0.1, 0.15) is 39.0 Å². The van der Waals surface area contributed by atoms with Crippen LogP contribution in [-0.4, -0.2) is 42.5 Å². The molecule has 0 fully saturated rings. The first-order valence-electron chi connectivity index (χ1n) is 4.20. The molecule has 0 aliphatic carbocycles. The van der Waals surface area contributed by atoms with Crippen molar-refractivity contribution in [1.29, 1.82) is 0 Å². The number of rotatable bonds is 6. The third kappa shape index (κ3) is 15.4. The molecule has 0 unspecified atom stereocenters. The van der Waals surface area contributed by atoms with Crippen LogP contribution in [0.2, 0.25) is 0 Å². The van der Waals surface area contributed by atoms with E-state index in [0.717, 1.165) is 24.7 Å². The third-order valence-corrected chi connectivity index (χ3v) is 2.03. The van der Waals surface area contributed by atoms with Crippen molar-refractivity contribution in [3.8, 4) is 0 Å². The fourth-order valence-electron chi connectivity index (χ4n) is 0.879. The molecule has 0 spiro atoms. The standard InChI is InChI=1S/C8H16O3S.Na.H/c1-2-3-4-5-6-7-8-12(9,10)11;;/h7-8H,2-6H2,1H3,(H,9,10,11);;. The Bertz CT molecular complexity index is 222. The van der Waals surface area contributed by atoms with Crippen molar-refractivity contribution in [2.45, 2.75) is 39.0 Å². The molecule has 0 atom stereocenters. The molecule has 3 nitrogen and oxygen atoms in total. The average molecular weight is 216 g/mol. The normalized spacial score (nSPS) is 11.5. The van der Waals surface area contributed by atoms with Gasteiger partial charge in [0.2, 0.25) is 0 Å². The summed E-state index contributed by atoms with van der Waals surface area (Å²) in [5.74, 6) is 0. The van der Waals surface area contributed by atoms with Crippen LogP contribution in [0.5, 0.6) is 0 Å². The number of unbranched alkanes of at least 4 members (excludes halogenated alkanes) is 4. The molecule has 0 bridgehead atoms. The Kier molecular flexibility index (Phi) is 11.4. The van der Waals surface area contributed by atoms with E-state index in [-0.39, 0.29) is 29.6 Å². The first-order valence-corrected chi connectivity index (χ1v) is 5.70. The summed E-state index contributed by atoms with van der Waals surface area (Å²) in [5, 5.41) is 0.846. The maximum absolute atomic E-state index is 10.2. The number of hydrogen-bond donors (Lipinski definition) is 1. The minimum absolute atomic E-state index is 0. The van der Waals surface area contributed by atoms with E-state index in [0.29, 0.717) is 0 Å². The fourth-order valence-corrected chi connectivity index (χ4v) is 1.26. The Morgan fingerprint density at radius 3 is 2.31 bits per heavy atom. The van der Waals surface area contributed by atoms with Crippen LogP contribution >= 0.6 is 0 Å². The van der Waals surface area contributed by atoms with Gasteiger partial charge >= 0.3 is 29.6 Å². The number of allylic oxidation sites excluding steroid dienone is 1. The van der Waals surface area contributed by atoms with Crippen LogP contribution in [0.15, 0.2) is 11.5 Å². The van der Waals surface area contributed by atoms with Crippen molar-refractivity contribution in [2.24, 2.45) is 0 Å². The van der Waals surface area contributed by atoms with Crippen molar-refractivity contribution >= 4 is 39.7 Å². The first kappa shape index (κ1) is 16.1. The van der Waals surface area contributed by atoms with E-state index in [1.807, 2.05) is 0 Å². The third-order valence-electron chi connectivity index (χ3n) is 1.49. The zero-order valence-corrected chi connectivity index (χ0v) is 8.18. The van der Waals surface area contributed by atoms with Crippen LogP contribution in [0.25, 0.3) is 0 Å². The van der Waals surface area contributed by atoms with Gasteiger partial charge in [0.05, 0.1) is 5.41 Å². The van der Waals surface area contributed by atoms with Crippen molar-refractivity contribution in [1.82, 2.24) is 0 Å². The molecule has 0 rings (SSSR count). The summed E-state index contributed by atoms with van der Waals surface area (Å²) in [6, 6.07) is 0. The van der Waals surface area contributed by atoms with Crippen LogP contribution in [-0.2, 0) is 10.1 Å². The Hall–Kier alpha value is 0.650. The zero-order chi connectivity index (χ0) is 9.45. The quantitative estimate of drug-likeness (QED) is 0.418. The van der Waals surface area contributed by atoms with E-state index in [2.05, 4.69) is 6.92 Å². The van der Waals surface area contributed by atoms with Crippen molar-refractivity contribution in [2.75, 3.05) is 0 Å². The Labute approximate surface area is 103 Å². The van der Waals surface area contributed by atoms with Crippen LogP contribution in [0.4, 0.5) is 0 Å². The van der Waals surface area contributed by atoms with E-state index in [4.69, 9.17) is 4.55 Å². The van der Waals surface area contributed by atoms with Crippen molar-refractivity contribution in [3.05, 3.63) is 11.5 Å². The molecule has 0 heterocycles. The summed E-state index contributed by atoms with van der Waals surface area (Å²) in [6.45, 7) is 2.12. The van der Waals surface area contributed by atoms with Gasteiger partial charge in [0.1, 0.15) is 0 Å². The van der Waals surface area contributed by atoms with Crippen LogP contribution in [0, 0.1) is 0 Å². The zero-order valence-electron chi connectivity index (χ0n) is 7.36. The average Bonchev–Trinajstić information content (AvgIpc) is 1.94. The van der Waals surface area contributed by atoms with Gasteiger partial charge in [-0.2, -0.15) is 8.42 Å². The minimum atomic E-state index is -3.90. The summed E-state index contributed by atoms with van der Waals surface area (Å²) in [4.78, 5) is 0. The molecule has 0 saturated carbocycles. The second-order valence-electron chi connectivity index (χ2n) is 2.74. The summed E-state index contributed by atoms with van der Waals surface area (Å²) in [5.41, 5.74) is 0. The Morgan fingerprint density at radius 2 is 1.85 bits per heavy atom. The molecule has 74 valence electrons. The van der Waals surface area contributed by atoms with Crippen molar-refractivity contribution in [3.63, 3.8) is 0 Å². The SMILES string of the molecule is CCCCCCC=CS(=O)(=O)O.[NaH]. The first-order chi connectivity index (χ1) is 5.56. The van der Waals surface area contributed by atoms with Gasteiger partial charge in [0.25, 0.3) is 10.1 Å². The molecule has 0 aromatic rings. The monoisotopic (exact) mass is 216 g/mol. The van der Waals surface area contributed by atoms with Crippen LogP contribution < -0.4 is 0 Å². The van der Waals surface area contributed by atoms with Gasteiger partial charge in [0, 0.05) is 0 Å². The molecule has 0 radical (unpaired) electrons. The molecule has 0 saturated heterocycles. The van der Waals surface area contributed by atoms with E-state index >= 15 is 0 Å². The van der Waals surface area contributed by atoms with Gasteiger partial charge in [0.15, 0.2) is 0 Å². The predicted molar refractivity (Wildman–Crippen MR) is 56.6 cm³/mol. The fraction of sp³-hybridized carbons (Fsp3) is 0.750. The van der Waals surface area contributed by atoms with Gasteiger partial charge in [-0.3, -0.25) is 4.55 Å². The molecule has 0 aliphatic rings. The van der Waals surface area contributed by atoms with Gasteiger partial charge in [-0.25, -0.2) is 0 Å². The summed E-state index contributed by atoms with van der Waals surface area (Å²) < 4.78 is 28.7. The molecule has 1 N–H and O–H groups in total. The van der Waals surface area contributed by atoms with Crippen LogP contribution in [0.3, 0.4) is 0 Å². The molecule has 0 aromatic carbocycles. The topological polar surface area (TPSA) is 54.4 Å². The molecule has 13 heavy (non-hydrogen) atoms. The van der Waals surface area contributed by atoms with Crippen molar-refractivity contribution < 1.29 is 13.0 Å². The predicted octanol–water partition coefficient (Wildman–Crippen LogP) is 1.71. The molecule has 0 aromatic heterocycles. The van der Waals surface area contributed by atoms with Gasteiger partial charge in [-0.15, -0.1) is 0 Å². The van der Waals surface area contributed by atoms with E-state index in [1.165, 1.54) is 18.9 Å². The molecule has 0 aliphatic heterocycles. The number of hydrogen-bond acceptors (Lipinski definition) is 2. The molecular weight excluding hydrogens is 199 g/mol. The summed E-state index contributed by atoms with van der Waals surface area (Å²) in [6.07, 6.45) is 6.67. The second-order valence-corrected chi connectivity index (χ2v) is 4.04. The summed E-state index contributed by atoms with van der Waals surface area (Å²) in [7, 11) is -3.90. The van der Waals surface area contributed by atoms with Gasteiger partial charge in [-0.05, 0) is 12.8 Å². The van der Waals surface area contributed by atoms with Gasteiger partial charge < -0.3 is 0 Å². The van der Waals surface area contributed by atoms with Gasteiger partial charge in [-0.1, -0.05) is 32.3 Å². The summed E-state index contributed by atoms with van der Waals surface area (Å²) >= 11 is 0. The Balaban J connectivity index is 0. The second kappa shape index (κ2) is 9.21. The van der Waals surface area contributed by atoms with E-state index < -0.39 is 10.1 Å². The Morgan fingerprint density at radius 1 is 1.23 bits per heavy atom. The van der Waals surface area contributed by atoms with E-state index in [1.54, 1.807) is 0 Å². The molecule has 0 amide bonds. The molecule has 5 heteroatoms. The molecular formula is C8H17NaO3S. The maximum atomic E-state index is 10.2. The van der Waals surface area contributed by atoms with E-state index in [9.17, 15) is 8.42 Å².